The molecule has 2 nitrogen and oxygen atoms in total. The van der Waals surface area contributed by atoms with E-state index in [4.69, 9.17) is 5.73 Å². The summed E-state index contributed by atoms with van der Waals surface area (Å²) in [6.45, 7) is 6.11. The Morgan fingerprint density at radius 3 is 2.37 bits per heavy atom. The molecule has 0 bridgehead atoms. The fraction of sp³-hybridized carbons (Fsp3) is 0.235. The minimum absolute atomic E-state index is 0.361. The van der Waals surface area contributed by atoms with Crippen LogP contribution in [0.5, 0.6) is 0 Å². The highest BCUT2D eigenvalue weighted by Gasteiger charge is 2.07. The van der Waals surface area contributed by atoms with Gasteiger partial charge in [-0.15, -0.1) is 0 Å². The van der Waals surface area contributed by atoms with Crippen LogP contribution in [0.1, 0.15) is 38.2 Å². The van der Waals surface area contributed by atoms with Crippen molar-refractivity contribution in [3.8, 4) is 0 Å². The molecule has 0 heterocycles. The van der Waals surface area contributed by atoms with E-state index in [0.717, 1.165) is 17.5 Å². The van der Waals surface area contributed by atoms with Gasteiger partial charge in [-0.2, -0.15) is 0 Å². The van der Waals surface area contributed by atoms with Crippen LogP contribution in [0.25, 0.3) is 0 Å². The molecular formula is C17H19NO. The third kappa shape index (κ3) is 3.02. The lowest BCUT2D eigenvalue weighted by molar-refractivity contribution is 0.0999. The molecule has 2 aromatic carbocycles. The van der Waals surface area contributed by atoms with E-state index in [1.165, 1.54) is 16.7 Å². The first kappa shape index (κ1) is 13.3. The molecule has 2 heteroatoms. The lowest BCUT2D eigenvalue weighted by Crippen LogP contribution is -2.13. The van der Waals surface area contributed by atoms with Crippen LogP contribution in [0.2, 0.25) is 0 Å². The topological polar surface area (TPSA) is 43.1 Å². The molecule has 0 aliphatic carbocycles. The standard InChI is InChI=1S/C17H19NO/c1-11-4-7-15(13(3)8-11)9-14-6-5-12(2)16(10-14)17(18)19/h4-8,10H,9H2,1-3H3,(H2,18,19). The number of carbonyl (C=O) groups is 1. The average molecular weight is 253 g/mol. The molecule has 1 amide bonds. The van der Waals surface area contributed by atoms with Crippen LogP contribution in [-0.2, 0) is 6.42 Å². The second-order valence-electron chi connectivity index (χ2n) is 5.12. The van der Waals surface area contributed by atoms with E-state index in [1.807, 2.05) is 19.1 Å². The first-order valence-electron chi connectivity index (χ1n) is 6.43. The number of aryl methyl sites for hydroxylation is 3. The summed E-state index contributed by atoms with van der Waals surface area (Å²) in [6, 6.07) is 12.4. The highest BCUT2D eigenvalue weighted by atomic mass is 16.1. The van der Waals surface area contributed by atoms with E-state index in [0.29, 0.717) is 5.56 Å². The van der Waals surface area contributed by atoms with Gasteiger partial charge in [0.15, 0.2) is 0 Å². The number of amides is 1. The van der Waals surface area contributed by atoms with Crippen molar-refractivity contribution < 1.29 is 4.79 Å². The summed E-state index contributed by atoms with van der Waals surface area (Å²) < 4.78 is 0. The molecule has 19 heavy (non-hydrogen) atoms. The summed E-state index contributed by atoms with van der Waals surface area (Å²) >= 11 is 0. The summed E-state index contributed by atoms with van der Waals surface area (Å²) in [7, 11) is 0. The Morgan fingerprint density at radius 1 is 1.00 bits per heavy atom. The molecule has 0 saturated carbocycles. The lowest BCUT2D eigenvalue weighted by Gasteiger charge is -2.09. The third-order valence-corrected chi connectivity index (χ3v) is 3.46. The fourth-order valence-corrected chi connectivity index (χ4v) is 2.31. The maximum absolute atomic E-state index is 11.4. The number of hydrogen-bond acceptors (Lipinski definition) is 1. The quantitative estimate of drug-likeness (QED) is 0.896. The van der Waals surface area contributed by atoms with Crippen molar-refractivity contribution in [2.24, 2.45) is 5.73 Å². The van der Waals surface area contributed by atoms with Crippen LogP contribution < -0.4 is 5.73 Å². The van der Waals surface area contributed by atoms with E-state index < -0.39 is 0 Å². The number of primary amides is 1. The Labute approximate surface area is 114 Å². The number of hydrogen-bond donors (Lipinski definition) is 1. The fourth-order valence-electron chi connectivity index (χ4n) is 2.31. The predicted octanol–water partition coefficient (Wildman–Crippen LogP) is 3.30. The van der Waals surface area contributed by atoms with Gasteiger partial charge < -0.3 is 5.73 Å². The Kier molecular flexibility index (Phi) is 3.70. The van der Waals surface area contributed by atoms with Crippen molar-refractivity contribution in [2.75, 3.05) is 0 Å². The minimum Gasteiger partial charge on any atom is -0.366 e. The monoisotopic (exact) mass is 253 g/mol. The molecule has 0 spiro atoms. The second-order valence-corrected chi connectivity index (χ2v) is 5.12. The maximum atomic E-state index is 11.4. The van der Waals surface area contributed by atoms with Gasteiger partial charge in [-0.05, 0) is 55.5 Å². The number of rotatable bonds is 3. The summed E-state index contributed by atoms with van der Waals surface area (Å²) in [5.41, 5.74) is 11.9. The molecule has 2 aromatic rings. The van der Waals surface area contributed by atoms with Gasteiger partial charge in [-0.1, -0.05) is 35.9 Å². The van der Waals surface area contributed by atoms with Crippen molar-refractivity contribution >= 4 is 5.91 Å². The minimum atomic E-state index is -0.361. The van der Waals surface area contributed by atoms with Gasteiger partial charge in [0.25, 0.3) is 0 Å². The Morgan fingerprint density at radius 2 is 1.74 bits per heavy atom. The molecule has 2 rings (SSSR count). The smallest absolute Gasteiger partial charge is 0.248 e. The van der Waals surface area contributed by atoms with Crippen LogP contribution in [0.3, 0.4) is 0 Å². The number of benzene rings is 2. The molecule has 0 radical (unpaired) electrons. The van der Waals surface area contributed by atoms with Gasteiger partial charge in [0.05, 0.1) is 0 Å². The summed E-state index contributed by atoms with van der Waals surface area (Å²) in [4.78, 5) is 11.4. The number of nitrogens with two attached hydrogens (primary N) is 1. The Hall–Kier alpha value is -2.09. The van der Waals surface area contributed by atoms with Gasteiger partial charge >= 0.3 is 0 Å². The highest BCUT2D eigenvalue weighted by molar-refractivity contribution is 5.94. The molecule has 98 valence electrons. The van der Waals surface area contributed by atoms with Gasteiger partial charge in [0.2, 0.25) is 5.91 Å². The van der Waals surface area contributed by atoms with E-state index in [1.54, 1.807) is 0 Å². The zero-order valence-electron chi connectivity index (χ0n) is 11.7. The normalized spacial score (nSPS) is 10.5. The van der Waals surface area contributed by atoms with Gasteiger partial charge in [0.1, 0.15) is 0 Å². The molecule has 0 unspecified atom stereocenters. The summed E-state index contributed by atoms with van der Waals surface area (Å²) in [5.74, 6) is -0.361. The van der Waals surface area contributed by atoms with Gasteiger partial charge in [-0.3, -0.25) is 4.79 Å². The maximum Gasteiger partial charge on any atom is 0.248 e. The van der Waals surface area contributed by atoms with Crippen molar-refractivity contribution in [2.45, 2.75) is 27.2 Å². The van der Waals surface area contributed by atoms with Crippen molar-refractivity contribution in [1.29, 1.82) is 0 Å². The van der Waals surface area contributed by atoms with Gasteiger partial charge in [-0.25, -0.2) is 0 Å². The van der Waals surface area contributed by atoms with Crippen LogP contribution >= 0.6 is 0 Å². The largest absolute Gasteiger partial charge is 0.366 e. The SMILES string of the molecule is Cc1ccc(Cc2ccc(C)c(C(N)=O)c2)c(C)c1. The number of carbonyl (C=O) groups excluding carboxylic acids is 1. The van der Waals surface area contributed by atoms with Crippen LogP contribution in [-0.4, -0.2) is 5.91 Å². The molecular weight excluding hydrogens is 234 g/mol. The highest BCUT2D eigenvalue weighted by Crippen LogP contribution is 2.18. The van der Waals surface area contributed by atoms with Crippen LogP contribution in [0.4, 0.5) is 0 Å². The van der Waals surface area contributed by atoms with E-state index in [2.05, 4.69) is 38.1 Å². The van der Waals surface area contributed by atoms with E-state index >= 15 is 0 Å². The lowest BCUT2D eigenvalue weighted by atomic mass is 9.96. The first-order valence-corrected chi connectivity index (χ1v) is 6.43. The summed E-state index contributed by atoms with van der Waals surface area (Å²) in [5, 5.41) is 0. The molecule has 0 saturated heterocycles. The molecule has 0 fully saturated rings. The zero-order valence-corrected chi connectivity index (χ0v) is 11.7. The second kappa shape index (κ2) is 5.27. The van der Waals surface area contributed by atoms with Crippen LogP contribution in [0.15, 0.2) is 36.4 Å². The first-order chi connectivity index (χ1) is 8.97. The molecule has 0 atom stereocenters. The average Bonchev–Trinajstić information content (AvgIpc) is 2.34. The molecule has 2 N–H and O–H groups in total. The van der Waals surface area contributed by atoms with Crippen molar-refractivity contribution in [3.63, 3.8) is 0 Å². The molecule has 0 aromatic heterocycles. The van der Waals surface area contributed by atoms with E-state index in [-0.39, 0.29) is 5.91 Å². The predicted molar refractivity (Wildman–Crippen MR) is 78.4 cm³/mol. The zero-order chi connectivity index (χ0) is 14.0. The van der Waals surface area contributed by atoms with Crippen molar-refractivity contribution in [3.05, 3.63) is 69.8 Å². The Bertz CT molecular complexity index is 629. The third-order valence-electron chi connectivity index (χ3n) is 3.46. The summed E-state index contributed by atoms with van der Waals surface area (Å²) in [6.07, 6.45) is 0.826. The molecule has 0 aliphatic rings. The van der Waals surface area contributed by atoms with Crippen LogP contribution in [0, 0.1) is 20.8 Å². The van der Waals surface area contributed by atoms with Crippen molar-refractivity contribution in [1.82, 2.24) is 0 Å². The van der Waals surface area contributed by atoms with E-state index in [9.17, 15) is 4.79 Å². The Balaban J connectivity index is 2.33. The molecule has 0 aliphatic heterocycles. The van der Waals surface area contributed by atoms with Gasteiger partial charge in [0, 0.05) is 5.56 Å².